The molecule has 98 valence electrons. The summed E-state index contributed by atoms with van der Waals surface area (Å²) in [5.41, 5.74) is 2.08. The van der Waals surface area contributed by atoms with Crippen molar-refractivity contribution in [3.05, 3.63) is 11.3 Å². The van der Waals surface area contributed by atoms with Gasteiger partial charge >= 0.3 is 0 Å². The highest BCUT2D eigenvalue weighted by Gasteiger charge is 2.16. The van der Waals surface area contributed by atoms with Gasteiger partial charge in [-0.2, -0.15) is 5.10 Å². The molecule has 0 amide bonds. The van der Waals surface area contributed by atoms with Crippen LogP contribution in [0.5, 0.6) is 0 Å². The predicted octanol–water partition coefficient (Wildman–Crippen LogP) is 2.87. The second-order valence-electron chi connectivity index (χ2n) is 5.36. The van der Waals surface area contributed by atoms with E-state index in [2.05, 4.69) is 38.1 Å². The van der Waals surface area contributed by atoms with Gasteiger partial charge in [-0.15, -0.1) is 0 Å². The first-order chi connectivity index (χ1) is 7.85. The highest BCUT2D eigenvalue weighted by molar-refractivity contribution is 5.47. The van der Waals surface area contributed by atoms with E-state index < -0.39 is 0 Å². The minimum atomic E-state index is -0.121. The summed E-state index contributed by atoms with van der Waals surface area (Å²) >= 11 is 0. The third-order valence-electron chi connectivity index (χ3n) is 2.54. The Morgan fingerprint density at radius 3 is 2.53 bits per heavy atom. The highest BCUT2D eigenvalue weighted by Crippen LogP contribution is 2.22. The molecule has 1 heterocycles. The van der Waals surface area contributed by atoms with E-state index in [1.54, 1.807) is 0 Å². The molecule has 0 radical (unpaired) electrons. The number of nitrogens with one attached hydrogen (secondary N) is 1. The van der Waals surface area contributed by atoms with Crippen molar-refractivity contribution in [2.45, 2.75) is 53.2 Å². The van der Waals surface area contributed by atoms with Crippen LogP contribution in [0.3, 0.4) is 0 Å². The van der Waals surface area contributed by atoms with Crippen LogP contribution < -0.4 is 5.32 Å². The first kappa shape index (κ1) is 14.0. The maximum Gasteiger partial charge on any atom is 0.129 e. The molecule has 0 aliphatic heterocycles. The number of aromatic nitrogens is 2. The number of ether oxygens (including phenoxy) is 1. The SMILES string of the molecule is CCCNc1c(COC(C)(C)C)c(C)nn1C. The van der Waals surface area contributed by atoms with Gasteiger partial charge in [-0.25, -0.2) is 0 Å². The second-order valence-corrected chi connectivity index (χ2v) is 5.36. The number of aryl methyl sites for hydroxylation is 2. The van der Waals surface area contributed by atoms with E-state index in [0.29, 0.717) is 6.61 Å². The fourth-order valence-electron chi connectivity index (χ4n) is 1.63. The number of nitrogens with zero attached hydrogens (tertiary/aromatic N) is 2. The van der Waals surface area contributed by atoms with Crippen LogP contribution in [0, 0.1) is 6.92 Å². The zero-order valence-corrected chi connectivity index (χ0v) is 11.9. The molecule has 0 bridgehead atoms. The van der Waals surface area contributed by atoms with Gasteiger partial charge < -0.3 is 10.1 Å². The van der Waals surface area contributed by atoms with Crippen LogP contribution in [-0.2, 0) is 18.4 Å². The van der Waals surface area contributed by atoms with Crippen LogP contribution in [-0.4, -0.2) is 21.9 Å². The van der Waals surface area contributed by atoms with Crippen molar-refractivity contribution in [3.63, 3.8) is 0 Å². The van der Waals surface area contributed by atoms with E-state index in [0.717, 1.165) is 30.0 Å². The van der Waals surface area contributed by atoms with Crippen LogP contribution in [0.4, 0.5) is 5.82 Å². The Morgan fingerprint density at radius 2 is 2.00 bits per heavy atom. The van der Waals surface area contributed by atoms with Crippen LogP contribution in [0.2, 0.25) is 0 Å². The summed E-state index contributed by atoms with van der Waals surface area (Å²) in [5.74, 6) is 1.08. The van der Waals surface area contributed by atoms with Gasteiger partial charge in [0, 0.05) is 19.2 Å². The van der Waals surface area contributed by atoms with Gasteiger partial charge in [0.1, 0.15) is 5.82 Å². The Bertz CT molecular complexity index is 363. The fraction of sp³-hybridized carbons (Fsp3) is 0.769. The Kier molecular flexibility index (Phi) is 4.57. The van der Waals surface area contributed by atoms with Gasteiger partial charge in [0.05, 0.1) is 17.9 Å². The fourth-order valence-corrected chi connectivity index (χ4v) is 1.63. The van der Waals surface area contributed by atoms with Gasteiger partial charge in [-0.1, -0.05) is 6.92 Å². The largest absolute Gasteiger partial charge is 0.371 e. The average molecular weight is 239 g/mol. The molecule has 1 rings (SSSR count). The maximum absolute atomic E-state index is 5.84. The van der Waals surface area contributed by atoms with Crippen molar-refractivity contribution in [1.29, 1.82) is 0 Å². The average Bonchev–Trinajstić information content (AvgIpc) is 2.46. The highest BCUT2D eigenvalue weighted by atomic mass is 16.5. The second kappa shape index (κ2) is 5.54. The quantitative estimate of drug-likeness (QED) is 0.858. The molecule has 0 aromatic carbocycles. The van der Waals surface area contributed by atoms with Crippen molar-refractivity contribution in [3.8, 4) is 0 Å². The molecular formula is C13H25N3O. The number of hydrogen-bond acceptors (Lipinski definition) is 3. The van der Waals surface area contributed by atoms with E-state index in [-0.39, 0.29) is 5.60 Å². The molecule has 4 nitrogen and oxygen atoms in total. The third kappa shape index (κ3) is 4.04. The summed E-state index contributed by atoms with van der Waals surface area (Å²) in [7, 11) is 1.96. The molecule has 17 heavy (non-hydrogen) atoms. The summed E-state index contributed by atoms with van der Waals surface area (Å²) in [6, 6.07) is 0. The number of hydrogen-bond donors (Lipinski definition) is 1. The number of rotatable bonds is 5. The molecular weight excluding hydrogens is 214 g/mol. The molecule has 0 aliphatic rings. The molecule has 0 aliphatic carbocycles. The molecule has 0 saturated carbocycles. The third-order valence-corrected chi connectivity index (χ3v) is 2.54. The molecule has 0 atom stereocenters. The Balaban J connectivity index is 2.81. The molecule has 1 aromatic heterocycles. The van der Waals surface area contributed by atoms with Gasteiger partial charge in [-0.3, -0.25) is 4.68 Å². The molecule has 1 N–H and O–H groups in total. The van der Waals surface area contributed by atoms with E-state index >= 15 is 0 Å². The van der Waals surface area contributed by atoms with Crippen LogP contribution in [0.15, 0.2) is 0 Å². The summed E-state index contributed by atoms with van der Waals surface area (Å²) in [6.45, 7) is 11.9. The van der Waals surface area contributed by atoms with Gasteiger partial charge in [0.15, 0.2) is 0 Å². The number of anilines is 1. The van der Waals surface area contributed by atoms with Gasteiger partial charge in [0.2, 0.25) is 0 Å². The first-order valence-corrected chi connectivity index (χ1v) is 6.25. The van der Waals surface area contributed by atoms with E-state index in [4.69, 9.17) is 4.74 Å². The minimum Gasteiger partial charge on any atom is -0.371 e. The zero-order valence-electron chi connectivity index (χ0n) is 11.9. The molecule has 0 unspecified atom stereocenters. The van der Waals surface area contributed by atoms with Gasteiger partial charge in [0.25, 0.3) is 0 Å². The molecule has 0 saturated heterocycles. The lowest BCUT2D eigenvalue weighted by atomic mass is 10.2. The van der Waals surface area contributed by atoms with Crippen molar-refractivity contribution < 1.29 is 4.74 Å². The Morgan fingerprint density at radius 1 is 1.35 bits per heavy atom. The molecule has 1 aromatic rings. The van der Waals surface area contributed by atoms with E-state index in [9.17, 15) is 0 Å². The Hall–Kier alpha value is -1.03. The van der Waals surface area contributed by atoms with E-state index in [1.807, 2.05) is 18.7 Å². The zero-order chi connectivity index (χ0) is 13.1. The van der Waals surface area contributed by atoms with Gasteiger partial charge in [-0.05, 0) is 34.1 Å². The monoisotopic (exact) mass is 239 g/mol. The normalized spacial score (nSPS) is 11.9. The maximum atomic E-state index is 5.84. The lowest BCUT2D eigenvalue weighted by molar-refractivity contribution is -0.0149. The summed E-state index contributed by atoms with van der Waals surface area (Å²) in [5, 5.41) is 7.85. The standard InChI is InChI=1S/C13H25N3O/c1-7-8-14-12-11(9-17-13(3,4)5)10(2)15-16(12)6/h14H,7-9H2,1-6H3. The lowest BCUT2D eigenvalue weighted by Crippen LogP contribution is -2.19. The molecule has 0 fully saturated rings. The lowest BCUT2D eigenvalue weighted by Gasteiger charge is -2.20. The topological polar surface area (TPSA) is 39.1 Å². The summed E-state index contributed by atoms with van der Waals surface area (Å²) < 4.78 is 7.73. The van der Waals surface area contributed by atoms with Crippen molar-refractivity contribution in [2.24, 2.45) is 7.05 Å². The van der Waals surface area contributed by atoms with Crippen LogP contribution in [0.1, 0.15) is 45.4 Å². The first-order valence-electron chi connectivity index (χ1n) is 6.25. The minimum absolute atomic E-state index is 0.121. The van der Waals surface area contributed by atoms with Crippen LogP contribution in [0.25, 0.3) is 0 Å². The summed E-state index contributed by atoms with van der Waals surface area (Å²) in [4.78, 5) is 0. The molecule has 0 spiro atoms. The van der Waals surface area contributed by atoms with Crippen molar-refractivity contribution in [2.75, 3.05) is 11.9 Å². The van der Waals surface area contributed by atoms with Crippen LogP contribution >= 0.6 is 0 Å². The smallest absolute Gasteiger partial charge is 0.129 e. The Labute approximate surface area is 104 Å². The molecule has 4 heteroatoms. The van der Waals surface area contributed by atoms with E-state index in [1.165, 1.54) is 0 Å². The predicted molar refractivity (Wildman–Crippen MR) is 71.3 cm³/mol. The van der Waals surface area contributed by atoms with Crippen molar-refractivity contribution >= 4 is 5.82 Å². The summed E-state index contributed by atoms with van der Waals surface area (Å²) in [6.07, 6.45) is 1.10. The van der Waals surface area contributed by atoms with Crippen molar-refractivity contribution in [1.82, 2.24) is 9.78 Å².